The Morgan fingerprint density at radius 3 is 1.76 bits per heavy atom. The van der Waals surface area contributed by atoms with Crippen LogP contribution in [0.3, 0.4) is 0 Å². The molecule has 0 saturated heterocycles. The number of aromatic nitrogens is 4. The second kappa shape index (κ2) is 13.7. The minimum absolute atomic E-state index is 0. The van der Waals surface area contributed by atoms with Gasteiger partial charge in [0.25, 0.3) is 0 Å². The fourth-order valence-corrected chi connectivity index (χ4v) is 6.81. The summed E-state index contributed by atoms with van der Waals surface area (Å²) >= 11 is 0. The van der Waals surface area contributed by atoms with Gasteiger partial charge in [0.1, 0.15) is 11.3 Å². The average molecular weight is 739 g/mol. The van der Waals surface area contributed by atoms with Gasteiger partial charge in [0, 0.05) is 33.5 Å². The van der Waals surface area contributed by atoms with Crippen molar-refractivity contribution in [1.82, 2.24) is 19.3 Å². The van der Waals surface area contributed by atoms with E-state index >= 15 is 0 Å². The molecule has 0 radical (unpaired) electrons. The van der Waals surface area contributed by atoms with Gasteiger partial charge in [0.05, 0.1) is 16.9 Å². The van der Waals surface area contributed by atoms with Crippen molar-refractivity contribution >= 4 is 0 Å². The molecule has 0 spiro atoms. The SMILES string of the molecule is Oc1ccccc1.[Pt].[c-]1cccn1C1(c2cc(-c3ccccc3)cc(C3(n4cccn4)CCCCC3)n2)CCCCC1. The Balaban J connectivity index is 0.000000389. The molecule has 0 atom stereocenters. The fourth-order valence-electron chi connectivity index (χ4n) is 6.81. The summed E-state index contributed by atoms with van der Waals surface area (Å²) in [6.45, 7) is 0. The molecule has 7 rings (SSSR count). The van der Waals surface area contributed by atoms with Crippen LogP contribution < -0.4 is 0 Å². The Kier molecular flexibility index (Phi) is 9.79. The van der Waals surface area contributed by atoms with Crippen LogP contribution in [0.4, 0.5) is 0 Å². The Morgan fingerprint density at radius 1 is 0.643 bits per heavy atom. The van der Waals surface area contributed by atoms with E-state index in [4.69, 9.17) is 15.2 Å². The maximum Gasteiger partial charge on any atom is 0.115 e. The topological polar surface area (TPSA) is 55.9 Å². The zero-order valence-corrected chi connectivity index (χ0v) is 26.3. The first-order chi connectivity index (χ1) is 20.2. The number of nitrogens with zero attached hydrogens (tertiary/aromatic N) is 4. The van der Waals surface area contributed by atoms with Crippen LogP contribution in [0.2, 0.25) is 0 Å². The minimum Gasteiger partial charge on any atom is -0.508 e. The van der Waals surface area contributed by atoms with E-state index in [1.807, 2.05) is 18.3 Å². The summed E-state index contributed by atoms with van der Waals surface area (Å²) in [5.74, 6) is 0.322. The molecule has 2 saturated carbocycles. The molecular weight excluding hydrogens is 700 g/mol. The summed E-state index contributed by atoms with van der Waals surface area (Å²) in [6.07, 6.45) is 21.6. The Bertz CT molecular complexity index is 1410. The van der Waals surface area contributed by atoms with Gasteiger partial charge in [-0.1, -0.05) is 87.1 Å². The molecule has 0 unspecified atom stereocenters. The molecule has 0 bridgehead atoms. The summed E-state index contributed by atoms with van der Waals surface area (Å²) in [6, 6.07) is 30.4. The third-order valence-corrected chi connectivity index (χ3v) is 8.95. The molecule has 0 amide bonds. The normalized spacial score (nSPS) is 17.3. The van der Waals surface area contributed by atoms with Crippen molar-refractivity contribution in [2.75, 3.05) is 0 Å². The molecule has 0 aliphatic heterocycles. The van der Waals surface area contributed by atoms with Crippen molar-refractivity contribution < 1.29 is 26.2 Å². The molecule has 3 heterocycles. The van der Waals surface area contributed by atoms with E-state index in [2.05, 4.69) is 82.4 Å². The van der Waals surface area contributed by atoms with Crippen LogP contribution >= 0.6 is 0 Å². The quantitative estimate of drug-likeness (QED) is 0.185. The van der Waals surface area contributed by atoms with E-state index in [1.165, 1.54) is 61.0 Å². The van der Waals surface area contributed by atoms with E-state index < -0.39 is 0 Å². The van der Waals surface area contributed by atoms with Crippen molar-refractivity contribution in [3.8, 4) is 16.9 Å². The van der Waals surface area contributed by atoms with Gasteiger partial charge in [0.15, 0.2) is 0 Å². The number of hydrogen-bond donors (Lipinski definition) is 1. The Hall–Kier alpha value is -3.43. The van der Waals surface area contributed by atoms with Crippen LogP contribution in [-0.4, -0.2) is 24.4 Å². The van der Waals surface area contributed by atoms with Gasteiger partial charge < -0.3 is 9.67 Å². The molecule has 42 heavy (non-hydrogen) atoms. The van der Waals surface area contributed by atoms with Crippen molar-refractivity contribution in [2.24, 2.45) is 0 Å². The summed E-state index contributed by atoms with van der Waals surface area (Å²) < 4.78 is 4.51. The van der Waals surface area contributed by atoms with Crippen LogP contribution in [0, 0.1) is 6.20 Å². The number of pyridine rings is 1. The second-order valence-corrected chi connectivity index (χ2v) is 11.5. The molecule has 2 aromatic carbocycles. The number of para-hydroxylation sites is 1. The van der Waals surface area contributed by atoms with Crippen LogP contribution in [-0.2, 0) is 32.1 Å². The van der Waals surface area contributed by atoms with Gasteiger partial charge in [-0.15, -0.1) is 12.4 Å². The van der Waals surface area contributed by atoms with E-state index in [0.717, 1.165) is 25.7 Å². The summed E-state index contributed by atoms with van der Waals surface area (Å²) in [7, 11) is 0. The van der Waals surface area contributed by atoms with E-state index in [0.29, 0.717) is 5.75 Å². The summed E-state index contributed by atoms with van der Waals surface area (Å²) in [4.78, 5) is 5.56. The monoisotopic (exact) mass is 738 g/mol. The molecular formula is C36H39N4OPt-. The number of hydrogen-bond acceptors (Lipinski definition) is 3. The molecule has 220 valence electrons. The predicted octanol–water partition coefficient (Wildman–Crippen LogP) is 8.35. The largest absolute Gasteiger partial charge is 0.508 e. The first kappa shape index (κ1) is 30.0. The number of aromatic hydroxyl groups is 1. The number of rotatable bonds is 5. The summed E-state index contributed by atoms with van der Waals surface area (Å²) in [5.41, 5.74) is 4.55. The maximum absolute atomic E-state index is 8.63. The van der Waals surface area contributed by atoms with Crippen LogP contribution in [0.1, 0.15) is 75.6 Å². The van der Waals surface area contributed by atoms with E-state index in [1.54, 1.807) is 24.3 Å². The number of phenols is 1. The van der Waals surface area contributed by atoms with Gasteiger partial charge in [-0.2, -0.15) is 17.2 Å². The second-order valence-electron chi connectivity index (χ2n) is 11.5. The van der Waals surface area contributed by atoms with Gasteiger partial charge >= 0.3 is 0 Å². The standard InChI is InChI=1S/C30H33N4.C6H6O.Pt/c1-4-13-25(14-5-1)26-23-27(29(15-6-2-7-16-29)33-20-10-11-21-33)32-28(24-26)30(17-8-3-9-18-30)34-22-12-19-31-34;7-6-4-2-1-3-5-6;/h1,4-5,10-14,19-20,22-24H,2-3,6-9,15-18H2;1-5,7H;/q-1;;. The van der Waals surface area contributed by atoms with Crippen molar-refractivity contribution in [1.29, 1.82) is 0 Å². The Morgan fingerprint density at radius 2 is 1.24 bits per heavy atom. The van der Waals surface area contributed by atoms with Gasteiger partial charge in [0.2, 0.25) is 0 Å². The predicted molar refractivity (Wildman–Crippen MR) is 164 cm³/mol. The first-order valence-corrected chi connectivity index (χ1v) is 15.1. The van der Waals surface area contributed by atoms with Gasteiger partial charge in [-0.3, -0.25) is 9.67 Å². The molecule has 6 heteroatoms. The zero-order valence-electron chi connectivity index (χ0n) is 24.0. The minimum atomic E-state index is -0.183. The third-order valence-electron chi connectivity index (χ3n) is 8.95. The van der Waals surface area contributed by atoms with Gasteiger partial charge in [-0.25, -0.2) is 0 Å². The van der Waals surface area contributed by atoms with E-state index in [-0.39, 0.29) is 32.1 Å². The van der Waals surface area contributed by atoms with Crippen LogP contribution in [0.5, 0.6) is 5.75 Å². The average Bonchev–Trinajstić information content (AvgIpc) is 3.79. The molecule has 2 aliphatic rings. The number of benzene rings is 2. The van der Waals surface area contributed by atoms with Crippen LogP contribution in [0.25, 0.3) is 11.1 Å². The van der Waals surface area contributed by atoms with Crippen molar-refractivity contribution in [3.63, 3.8) is 0 Å². The Labute approximate surface area is 263 Å². The maximum atomic E-state index is 8.63. The van der Waals surface area contributed by atoms with Crippen LogP contribution in [0.15, 0.2) is 110 Å². The molecule has 2 aliphatic carbocycles. The summed E-state index contributed by atoms with van der Waals surface area (Å²) in [5, 5.41) is 13.4. The molecule has 5 aromatic rings. The first-order valence-electron chi connectivity index (χ1n) is 15.1. The van der Waals surface area contributed by atoms with Gasteiger partial charge in [-0.05, 0) is 67.1 Å². The van der Waals surface area contributed by atoms with Crippen molar-refractivity contribution in [2.45, 2.75) is 75.3 Å². The third kappa shape index (κ3) is 6.17. The fraction of sp³-hybridized carbons (Fsp3) is 0.333. The molecule has 3 aromatic heterocycles. The number of phenolic OH excluding ortho intramolecular Hbond substituents is 1. The zero-order chi connectivity index (χ0) is 28.0. The van der Waals surface area contributed by atoms with E-state index in [9.17, 15) is 0 Å². The van der Waals surface area contributed by atoms with Crippen molar-refractivity contribution in [3.05, 3.63) is 127 Å². The molecule has 1 N–H and O–H groups in total. The smallest absolute Gasteiger partial charge is 0.115 e. The molecule has 2 fully saturated rings. The molecule has 5 nitrogen and oxygen atoms in total.